The second kappa shape index (κ2) is 5.93. The van der Waals surface area contributed by atoms with E-state index in [9.17, 15) is 4.39 Å². The van der Waals surface area contributed by atoms with Gasteiger partial charge >= 0.3 is 0 Å². The first-order valence-electron chi connectivity index (χ1n) is 5.92. The van der Waals surface area contributed by atoms with Crippen LogP contribution in [0, 0.1) is 12.7 Å². The van der Waals surface area contributed by atoms with Gasteiger partial charge in [-0.25, -0.2) is 4.39 Å². The lowest BCUT2D eigenvalue weighted by atomic mass is 9.98. The molecule has 0 aliphatic rings. The van der Waals surface area contributed by atoms with E-state index in [1.54, 1.807) is 6.07 Å². The molecule has 0 fully saturated rings. The molecule has 1 nitrogen and oxygen atoms in total. The first-order valence-corrected chi connectivity index (χ1v) is 7.09. The first-order chi connectivity index (χ1) is 9.02. The number of hydrogen-bond acceptors (Lipinski definition) is 1. The van der Waals surface area contributed by atoms with E-state index in [-0.39, 0.29) is 5.82 Å². The molecule has 1 N–H and O–H groups in total. The topological polar surface area (TPSA) is 12.0 Å². The number of anilines is 1. The predicted molar refractivity (Wildman–Crippen MR) is 82.6 cm³/mol. The van der Waals surface area contributed by atoms with Crippen molar-refractivity contribution in [3.8, 4) is 0 Å². The van der Waals surface area contributed by atoms with Gasteiger partial charge < -0.3 is 5.32 Å². The van der Waals surface area contributed by atoms with Crippen LogP contribution >= 0.6 is 27.5 Å². The van der Waals surface area contributed by atoms with Crippen LogP contribution in [0.5, 0.6) is 0 Å². The molecule has 0 spiro atoms. The van der Waals surface area contributed by atoms with Crippen LogP contribution in [0.25, 0.3) is 0 Å². The van der Waals surface area contributed by atoms with E-state index in [4.69, 9.17) is 11.6 Å². The van der Waals surface area contributed by atoms with E-state index in [2.05, 4.69) is 21.2 Å². The summed E-state index contributed by atoms with van der Waals surface area (Å²) >= 11 is 9.65. The van der Waals surface area contributed by atoms with E-state index < -0.39 is 0 Å². The van der Waals surface area contributed by atoms with E-state index in [0.717, 1.165) is 26.9 Å². The fourth-order valence-electron chi connectivity index (χ4n) is 2.09. The molecule has 0 aliphatic heterocycles. The molecule has 2 aromatic rings. The summed E-state index contributed by atoms with van der Waals surface area (Å²) in [6, 6.07) is 8.49. The Kier molecular flexibility index (Phi) is 4.48. The van der Waals surface area contributed by atoms with Crippen molar-refractivity contribution in [3.63, 3.8) is 0 Å². The van der Waals surface area contributed by atoms with E-state index in [1.807, 2.05) is 26.1 Å². The smallest absolute Gasteiger partial charge is 0.123 e. The Balaban J connectivity index is 2.48. The SMILES string of the molecule is CNc1c(Br)ccc(C)c1Cc1cc(F)ccc1Cl. The Morgan fingerprint density at radius 2 is 2.00 bits per heavy atom. The number of nitrogens with one attached hydrogen (secondary N) is 1. The summed E-state index contributed by atoms with van der Waals surface area (Å²) in [4.78, 5) is 0. The largest absolute Gasteiger partial charge is 0.387 e. The molecule has 4 heteroatoms. The Hall–Kier alpha value is -1.06. The molecule has 0 radical (unpaired) electrons. The third-order valence-electron chi connectivity index (χ3n) is 3.12. The monoisotopic (exact) mass is 341 g/mol. The summed E-state index contributed by atoms with van der Waals surface area (Å²) in [5.41, 5.74) is 4.07. The van der Waals surface area contributed by atoms with Gasteiger partial charge in [-0.3, -0.25) is 0 Å². The number of hydrogen-bond donors (Lipinski definition) is 1. The normalized spacial score (nSPS) is 10.6. The Bertz CT molecular complexity index is 613. The van der Waals surface area contributed by atoms with Crippen LogP contribution in [0.4, 0.5) is 10.1 Å². The van der Waals surface area contributed by atoms with Gasteiger partial charge in [0.2, 0.25) is 0 Å². The molecule has 0 amide bonds. The van der Waals surface area contributed by atoms with Crippen molar-refractivity contribution in [2.75, 3.05) is 12.4 Å². The summed E-state index contributed by atoms with van der Waals surface area (Å²) in [7, 11) is 1.87. The molecular weight excluding hydrogens is 329 g/mol. The molecule has 19 heavy (non-hydrogen) atoms. The van der Waals surface area contributed by atoms with E-state index in [0.29, 0.717) is 11.4 Å². The molecule has 2 rings (SSSR count). The molecular formula is C15H14BrClFN. The fourth-order valence-corrected chi connectivity index (χ4v) is 2.84. The molecule has 0 heterocycles. The average Bonchev–Trinajstić information content (AvgIpc) is 2.38. The Morgan fingerprint density at radius 1 is 1.26 bits per heavy atom. The molecule has 0 unspecified atom stereocenters. The highest BCUT2D eigenvalue weighted by Crippen LogP contribution is 2.32. The molecule has 0 aliphatic carbocycles. The van der Waals surface area contributed by atoms with Gasteiger partial charge in [0.15, 0.2) is 0 Å². The summed E-state index contributed by atoms with van der Waals surface area (Å²) in [5, 5.41) is 3.76. The lowest BCUT2D eigenvalue weighted by Gasteiger charge is -2.15. The zero-order valence-corrected chi connectivity index (χ0v) is 13.1. The standard InChI is InChI=1S/C15H14BrClFN/c1-9-3-5-13(16)15(19-2)12(9)8-10-7-11(18)4-6-14(10)17/h3-7,19H,8H2,1-2H3. The summed E-state index contributed by atoms with van der Waals surface area (Å²) in [6.45, 7) is 2.04. The minimum Gasteiger partial charge on any atom is -0.387 e. The van der Waals surface area contributed by atoms with Crippen molar-refractivity contribution in [2.24, 2.45) is 0 Å². The lowest BCUT2D eigenvalue weighted by Crippen LogP contribution is -2.01. The van der Waals surface area contributed by atoms with Gasteiger partial charge in [-0.15, -0.1) is 0 Å². The Morgan fingerprint density at radius 3 is 2.68 bits per heavy atom. The van der Waals surface area contributed by atoms with Crippen LogP contribution in [0.1, 0.15) is 16.7 Å². The molecule has 0 aromatic heterocycles. The van der Waals surface area contributed by atoms with Gasteiger partial charge in [-0.1, -0.05) is 17.7 Å². The molecule has 0 saturated carbocycles. The van der Waals surface area contributed by atoms with Crippen molar-refractivity contribution in [1.29, 1.82) is 0 Å². The molecule has 0 bridgehead atoms. The van der Waals surface area contributed by atoms with Gasteiger partial charge in [0.1, 0.15) is 5.82 Å². The van der Waals surface area contributed by atoms with Gasteiger partial charge in [0.05, 0.1) is 5.69 Å². The highest BCUT2D eigenvalue weighted by atomic mass is 79.9. The van der Waals surface area contributed by atoms with Gasteiger partial charge in [-0.05, 0) is 63.8 Å². The third kappa shape index (κ3) is 3.10. The average molecular weight is 343 g/mol. The van der Waals surface area contributed by atoms with Crippen molar-refractivity contribution in [2.45, 2.75) is 13.3 Å². The molecule has 0 atom stereocenters. The maximum atomic E-state index is 13.3. The van der Waals surface area contributed by atoms with Crippen LogP contribution in [-0.2, 0) is 6.42 Å². The van der Waals surface area contributed by atoms with Gasteiger partial charge in [0, 0.05) is 23.0 Å². The van der Waals surface area contributed by atoms with E-state index in [1.165, 1.54) is 12.1 Å². The van der Waals surface area contributed by atoms with Gasteiger partial charge in [0.25, 0.3) is 0 Å². The zero-order valence-electron chi connectivity index (χ0n) is 10.7. The zero-order chi connectivity index (χ0) is 14.0. The summed E-state index contributed by atoms with van der Waals surface area (Å²) in [5.74, 6) is -0.266. The van der Waals surface area contributed by atoms with Crippen molar-refractivity contribution < 1.29 is 4.39 Å². The second-order valence-corrected chi connectivity index (χ2v) is 5.64. The minimum absolute atomic E-state index is 0.266. The summed E-state index contributed by atoms with van der Waals surface area (Å²) < 4.78 is 14.3. The first kappa shape index (κ1) is 14.4. The lowest BCUT2D eigenvalue weighted by molar-refractivity contribution is 0.626. The molecule has 2 aromatic carbocycles. The minimum atomic E-state index is -0.266. The summed E-state index contributed by atoms with van der Waals surface area (Å²) in [6.07, 6.45) is 0.595. The number of benzene rings is 2. The Labute approximate surface area is 125 Å². The van der Waals surface area contributed by atoms with Crippen LogP contribution in [0.2, 0.25) is 5.02 Å². The molecule has 0 saturated heterocycles. The van der Waals surface area contributed by atoms with Crippen molar-refractivity contribution >= 4 is 33.2 Å². The third-order valence-corrected chi connectivity index (χ3v) is 4.15. The van der Waals surface area contributed by atoms with E-state index >= 15 is 0 Å². The maximum Gasteiger partial charge on any atom is 0.123 e. The van der Waals surface area contributed by atoms with Crippen LogP contribution in [-0.4, -0.2) is 7.05 Å². The van der Waals surface area contributed by atoms with Crippen molar-refractivity contribution in [3.05, 3.63) is 62.3 Å². The second-order valence-electron chi connectivity index (χ2n) is 4.38. The fraction of sp³-hybridized carbons (Fsp3) is 0.200. The highest BCUT2D eigenvalue weighted by Gasteiger charge is 2.11. The number of aryl methyl sites for hydroxylation is 1. The molecule has 100 valence electrons. The highest BCUT2D eigenvalue weighted by molar-refractivity contribution is 9.10. The van der Waals surface area contributed by atoms with Crippen LogP contribution < -0.4 is 5.32 Å². The van der Waals surface area contributed by atoms with Crippen LogP contribution in [0.3, 0.4) is 0 Å². The van der Waals surface area contributed by atoms with Gasteiger partial charge in [-0.2, -0.15) is 0 Å². The maximum absolute atomic E-state index is 13.3. The number of rotatable bonds is 3. The quantitative estimate of drug-likeness (QED) is 0.810. The number of halogens is 3. The predicted octanol–water partition coefficient (Wildman–Crippen LogP) is 5.18. The van der Waals surface area contributed by atoms with Crippen LogP contribution in [0.15, 0.2) is 34.8 Å². The van der Waals surface area contributed by atoms with Crippen molar-refractivity contribution in [1.82, 2.24) is 0 Å².